The molecule has 3 aromatic carbocycles. The fourth-order valence-corrected chi connectivity index (χ4v) is 3.95. The first-order valence-corrected chi connectivity index (χ1v) is 9.18. The summed E-state index contributed by atoms with van der Waals surface area (Å²) in [6.07, 6.45) is 1.92. The molecule has 3 heteroatoms. The number of rotatable bonds is 5. The molecule has 0 aliphatic rings. The summed E-state index contributed by atoms with van der Waals surface area (Å²) in [5.41, 5.74) is 11.1. The lowest BCUT2D eigenvalue weighted by Gasteiger charge is -2.38. The normalized spacial score (nSPS) is 11.5. The first kappa shape index (κ1) is 17.3. The Morgan fingerprint density at radius 1 is 0.741 bits per heavy atom. The smallest absolute Gasteiger partial charge is 0.121 e. The standard InChI is InChI=1S/C24H23N3/c1-19-23(17-25)27(18-26-19)24(20-11-5-2-6-12-20,21-13-7-3-8-14-21)22-15-9-4-10-16-22/h2-16,18H,17,25H2,1H3. The Labute approximate surface area is 160 Å². The van der Waals surface area contributed by atoms with Crippen LogP contribution in [0.1, 0.15) is 28.1 Å². The van der Waals surface area contributed by atoms with Crippen molar-refractivity contribution in [2.75, 3.05) is 0 Å². The van der Waals surface area contributed by atoms with E-state index in [9.17, 15) is 0 Å². The molecule has 0 bridgehead atoms. The largest absolute Gasteiger partial charge is 0.325 e. The van der Waals surface area contributed by atoms with Crippen LogP contribution in [0.2, 0.25) is 0 Å². The van der Waals surface area contributed by atoms with E-state index in [1.165, 1.54) is 16.7 Å². The number of nitrogens with zero attached hydrogens (tertiary/aromatic N) is 2. The van der Waals surface area contributed by atoms with Crippen LogP contribution in [0, 0.1) is 6.92 Å². The molecule has 0 saturated heterocycles. The summed E-state index contributed by atoms with van der Waals surface area (Å²) in [5.74, 6) is 0. The van der Waals surface area contributed by atoms with Crippen molar-refractivity contribution in [3.63, 3.8) is 0 Å². The predicted octanol–water partition coefficient (Wildman–Crippen LogP) is 4.49. The van der Waals surface area contributed by atoms with Crippen LogP contribution >= 0.6 is 0 Å². The average molecular weight is 353 g/mol. The van der Waals surface area contributed by atoms with E-state index < -0.39 is 5.54 Å². The molecule has 0 saturated carbocycles. The Morgan fingerprint density at radius 3 is 1.52 bits per heavy atom. The Kier molecular flexibility index (Phi) is 4.61. The lowest BCUT2D eigenvalue weighted by atomic mass is 9.76. The first-order valence-electron chi connectivity index (χ1n) is 9.18. The molecule has 0 aliphatic carbocycles. The highest BCUT2D eigenvalue weighted by molar-refractivity contribution is 5.51. The third kappa shape index (κ3) is 2.77. The molecule has 3 nitrogen and oxygen atoms in total. The van der Waals surface area contributed by atoms with Crippen LogP contribution in [0.5, 0.6) is 0 Å². The summed E-state index contributed by atoms with van der Waals surface area (Å²) >= 11 is 0. The van der Waals surface area contributed by atoms with Gasteiger partial charge in [0.2, 0.25) is 0 Å². The van der Waals surface area contributed by atoms with Crippen LogP contribution in [0.4, 0.5) is 0 Å². The SMILES string of the molecule is Cc1ncn(C(c2ccccc2)(c2ccccc2)c2ccccc2)c1CN. The van der Waals surface area contributed by atoms with E-state index in [0.29, 0.717) is 6.54 Å². The van der Waals surface area contributed by atoms with Crippen LogP contribution in [0.3, 0.4) is 0 Å². The predicted molar refractivity (Wildman–Crippen MR) is 109 cm³/mol. The maximum Gasteiger partial charge on any atom is 0.121 e. The third-order valence-electron chi connectivity index (χ3n) is 5.20. The summed E-state index contributed by atoms with van der Waals surface area (Å²) in [7, 11) is 0. The van der Waals surface area contributed by atoms with Gasteiger partial charge >= 0.3 is 0 Å². The molecule has 4 aromatic rings. The van der Waals surface area contributed by atoms with E-state index in [1.54, 1.807) is 0 Å². The molecule has 0 radical (unpaired) electrons. The number of benzene rings is 3. The number of aromatic nitrogens is 2. The van der Waals surface area contributed by atoms with Crippen molar-refractivity contribution in [3.05, 3.63) is 125 Å². The van der Waals surface area contributed by atoms with E-state index in [-0.39, 0.29) is 0 Å². The van der Waals surface area contributed by atoms with Crippen molar-refractivity contribution in [3.8, 4) is 0 Å². The van der Waals surface area contributed by atoms with Gasteiger partial charge in [-0.05, 0) is 23.6 Å². The molecule has 0 aliphatic heterocycles. The van der Waals surface area contributed by atoms with Crippen molar-refractivity contribution in [1.82, 2.24) is 9.55 Å². The van der Waals surface area contributed by atoms with Gasteiger partial charge in [-0.2, -0.15) is 0 Å². The quantitative estimate of drug-likeness (QED) is 0.537. The van der Waals surface area contributed by atoms with Gasteiger partial charge in [-0.1, -0.05) is 91.0 Å². The van der Waals surface area contributed by atoms with Crippen LogP contribution in [-0.2, 0) is 12.1 Å². The van der Waals surface area contributed by atoms with E-state index in [4.69, 9.17) is 5.73 Å². The molecule has 134 valence electrons. The molecule has 2 N–H and O–H groups in total. The highest BCUT2D eigenvalue weighted by Crippen LogP contribution is 2.41. The van der Waals surface area contributed by atoms with Crippen LogP contribution in [0.15, 0.2) is 97.3 Å². The molecule has 27 heavy (non-hydrogen) atoms. The van der Waals surface area contributed by atoms with Crippen molar-refractivity contribution in [2.45, 2.75) is 19.0 Å². The van der Waals surface area contributed by atoms with E-state index in [2.05, 4.69) is 82.3 Å². The lowest BCUT2D eigenvalue weighted by molar-refractivity contribution is 0.495. The van der Waals surface area contributed by atoms with Crippen molar-refractivity contribution in [1.29, 1.82) is 0 Å². The van der Waals surface area contributed by atoms with E-state index in [1.807, 2.05) is 31.5 Å². The molecule has 0 fully saturated rings. The lowest BCUT2D eigenvalue weighted by Crippen LogP contribution is -2.39. The zero-order valence-electron chi connectivity index (χ0n) is 15.4. The van der Waals surface area contributed by atoms with Crippen LogP contribution in [-0.4, -0.2) is 9.55 Å². The topological polar surface area (TPSA) is 43.8 Å². The number of nitrogens with two attached hydrogens (primary N) is 1. The third-order valence-corrected chi connectivity index (χ3v) is 5.20. The van der Waals surface area contributed by atoms with Gasteiger partial charge in [0.1, 0.15) is 5.54 Å². The van der Waals surface area contributed by atoms with Gasteiger partial charge in [0.05, 0.1) is 17.7 Å². The van der Waals surface area contributed by atoms with Gasteiger partial charge in [-0.3, -0.25) is 0 Å². The number of hydrogen-bond acceptors (Lipinski definition) is 2. The van der Waals surface area contributed by atoms with Crippen LogP contribution in [0.25, 0.3) is 0 Å². The van der Waals surface area contributed by atoms with Crippen molar-refractivity contribution < 1.29 is 0 Å². The molecule has 0 unspecified atom stereocenters. The second-order valence-corrected chi connectivity index (χ2v) is 6.66. The molecule has 0 atom stereocenters. The van der Waals surface area contributed by atoms with Crippen molar-refractivity contribution >= 4 is 0 Å². The second-order valence-electron chi connectivity index (χ2n) is 6.66. The first-order chi connectivity index (χ1) is 13.3. The molecule has 0 spiro atoms. The molecule has 4 rings (SSSR count). The van der Waals surface area contributed by atoms with Gasteiger partial charge in [-0.25, -0.2) is 4.98 Å². The van der Waals surface area contributed by atoms with Crippen LogP contribution < -0.4 is 5.73 Å². The molecular weight excluding hydrogens is 330 g/mol. The van der Waals surface area contributed by atoms with Gasteiger partial charge in [0.15, 0.2) is 0 Å². The maximum atomic E-state index is 6.17. The number of imidazole rings is 1. The second kappa shape index (κ2) is 7.22. The highest BCUT2D eigenvalue weighted by Gasteiger charge is 2.39. The van der Waals surface area contributed by atoms with E-state index in [0.717, 1.165) is 11.4 Å². The number of aryl methyl sites for hydroxylation is 1. The van der Waals surface area contributed by atoms with Gasteiger partial charge in [0, 0.05) is 6.54 Å². The zero-order valence-corrected chi connectivity index (χ0v) is 15.4. The minimum absolute atomic E-state index is 0.431. The van der Waals surface area contributed by atoms with Gasteiger partial charge in [0.25, 0.3) is 0 Å². The summed E-state index contributed by atoms with van der Waals surface area (Å²) < 4.78 is 2.24. The zero-order chi connectivity index (χ0) is 18.7. The molecular formula is C24H23N3. The Bertz CT molecular complexity index is 909. The van der Waals surface area contributed by atoms with E-state index >= 15 is 0 Å². The monoisotopic (exact) mass is 353 g/mol. The summed E-state index contributed by atoms with van der Waals surface area (Å²) in [6, 6.07) is 31.7. The average Bonchev–Trinajstić information content (AvgIpc) is 3.12. The fourth-order valence-electron chi connectivity index (χ4n) is 3.95. The Morgan fingerprint density at radius 2 is 1.15 bits per heavy atom. The number of hydrogen-bond donors (Lipinski definition) is 1. The summed E-state index contributed by atoms with van der Waals surface area (Å²) in [4.78, 5) is 4.61. The Hall–Kier alpha value is -3.17. The molecule has 1 heterocycles. The highest BCUT2D eigenvalue weighted by atomic mass is 15.1. The molecule has 0 amide bonds. The maximum absolute atomic E-state index is 6.17. The molecule has 1 aromatic heterocycles. The van der Waals surface area contributed by atoms with Gasteiger partial charge in [-0.15, -0.1) is 0 Å². The minimum Gasteiger partial charge on any atom is -0.325 e. The summed E-state index contributed by atoms with van der Waals surface area (Å²) in [5, 5.41) is 0. The summed E-state index contributed by atoms with van der Waals surface area (Å²) in [6.45, 7) is 2.45. The van der Waals surface area contributed by atoms with Crippen molar-refractivity contribution in [2.24, 2.45) is 5.73 Å². The fraction of sp³-hybridized carbons (Fsp3) is 0.125. The van der Waals surface area contributed by atoms with Gasteiger partial charge < -0.3 is 10.3 Å². The minimum atomic E-state index is -0.542. The Balaban J connectivity index is 2.17.